The van der Waals surface area contributed by atoms with E-state index < -0.39 is 0 Å². The summed E-state index contributed by atoms with van der Waals surface area (Å²) < 4.78 is 6.65. The number of nitriles is 1. The Morgan fingerprint density at radius 3 is 2.95 bits per heavy atom. The number of para-hydroxylation sites is 1. The minimum atomic E-state index is 0.368. The van der Waals surface area contributed by atoms with Crippen LogP contribution < -0.4 is 10.5 Å². The van der Waals surface area contributed by atoms with Gasteiger partial charge in [0.2, 0.25) is 0 Å². The summed E-state index contributed by atoms with van der Waals surface area (Å²) in [6.45, 7) is 0.779. The highest BCUT2D eigenvalue weighted by Crippen LogP contribution is 2.29. The molecule has 5 heteroatoms. The van der Waals surface area contributed by atoms with Crippen LogP contribution in [-0.4, -0.2) is 4.98 Å². The molecule has 0 spiro atoms. The minimum absolute atomic E-state index is 0.368. The van der Waals surface area contributed by atoms with Crippen LogP contribution in [0.25, 0.3) is 0 Å². The van der Waals surface area contributed by atoms with Crippen molar-refractivity contribution in [3.63, 3.8) is 0 Å². The average Bonchev–Trinajstić information content (AvgIpc) is 2.46. The average molecular weight is 318 g/mol. The maximum atomic E-state index is 8.80. The molecule has 2 N–H and O–H groups in total. The summed E-state index contributed by atoms with van der Waals surface area (Å²) >= 11 is 3.44. The molecule has 0 amide bonds. The van der Waals surface area contributed by atoms with E-state index in [1.165, 1.54) is 0 Å². The zero-order valence-electron chi connectivity index (χ0n) is 10.1. The van der Waals surface area contributed by atoms with Gasteiger partial charge in [0.15, 0.2) is 0 Å². The summed E-state index contributed by atoms with van der Waals surface area (Å²) in [5, 5.41) is 8.80. The van der Waals surface area contributed by atoms with Gasteiger partial charge < -0.3 is 10.5 Å². The maximum Gasteiger partial charge on any atom is 0.140 e. The normalized spacial score (nSPS) is 9.95. The van der Waals surface area contributed by atoms with Gasteiger partial charge in [0.05, 0.1) is 4.47 Å². The molecule has 0 aliphatic rings. The molecule has 1 aromatic heterocycles. The third-order valence-electron chi connectivity index (χ3n) is 2.59. The smallest absolute Gasteiger partial charge is 0.140 e. The topological polar surface area (TPSA) is 71.9 Å². The number of hydrogen-bond acceptors (Lipinski definition) is 4. The summed E-state index contributed by atoms with van der Waals surface area (Å²) in [6, 6.07) is 11.3. The molecule has 19 heavy (non-hydrogen) atoms. The van der Waals surface area contributed by atoms with E-state index in [1.807, 2.05) is 30.3 Å². The highest BCUT2D eigenvalue weighted by Gasteiger charge is 2.07. The van der Waals surface area contributed by atoms with E-state index in [0.717, 1.165) is 21.3 Å². The summed E-state index contributed by atoms with van der Waals surface area (Å²) in [7, 11) is 0. The van der Waals surface area contributed by atoms with Crippen LogP contribution in [0.15, 0.2) is 41.0 Å². The largest absolute Gasteiger partial charge is 0.487 e. The lowest BCUT2D eigenvalue weighted by atomic mass is 10.2. The monoisotopic (exact) mass is 317 g/mol. The Balaban J connectivity index is 2.17. The van der Waals surface area contributed by atoms with Crippen LogP contribution in [0, 0.1) is 11.3 Å². The second kappa shape index (κ2) is 6.32. The van der Waals surface area contributed by atoms with E-state index >= 15 is 0 Å². The molecule has 1 heterocycles. The number of nitrogens with zero attached hydrogens (tertiary/aromatic N) is 2. The predicted molar refractivity (Wildman–Crippen MR) is 75.3 cm³/mol. The Labute approximate surface area is 120 Å². The second-order valence-electron chi connectivity index (χ2n) is 3.88. The van der Waals surface area contributed by atoms with Gasteiger partial charge in [-0.2, -0.15) is 5.26 Å². The SMILES string of the molecule is N#Cc1cc(COc2c(Br)cccc2CN)ccn1. The van der Waals surface area contributed by atoms with Crippen molar-refractivity contribution in [3.05, 3.63) is 57.8 Å². The van der Waals surface area contributed by atoms with Gasteiger partial charge in [0.1, 0.15) is 24.1 Å². The number of pyridine rings is 1. The third kappa shape index (κ3) is 3.31. The molecule has 4 nitrogen and oxygen atoms in total. The van der Waals surface area contributed by atoms with Crippen LogP contribution in [0.5, 0.6) is 5.75 Å². The molecule has 1 aromatic carbocycles. The highest BCUT2D eigenvalue weighted by atomic mass is 79.9. The zero-order valence-corrected chi connectivity index (χ0v) is 11.7. The lowest BCUT2D eigenvalue weighted by molar-refractivity contribution is 0.301. The molecule has 96 valence electrons. The molecule has 0 bridgehead atoms. The molecule has 0 aliphatic heterocycles. The molecule has 0 fully saturated rings. The summed E-state index contributed by atoms with van der Waals surface area (Å²) in [5.41, 5.74) is 7.89. The Morgan fingerprint density at radius 2 is 2.21 bits per heavy atom. The van der Waals surface area contributed by atoms with E-state index in [1.54, 1.807) is 12.3 Å². The number of benzene rings is 1. The van der Waals surface area contributed by atoms with E-state index in [9.17, 15) is 0 Å². The molecule has 0 radical (unpaired) electrons. The molecule has 0 aliphatic carbocycles. The summed E-state index contributed by atoms with van der Waals surface area (Å²) in [6.07, 6.45) is 1.60. The van der Waals surface area contributed by atoms with Crippen molar-refractivity contribution < 1.29 is 4.74 Å². The Bertz CT molecular complexity index is 622. The summed E-state index contributed by atoms with van der Waals surface area (Å²) in [5.74, 6) is 0.736. The van der Waals surface area contributed by atoms with Crippen molar-refractivity contribution in [2.45, 2.75) is 13.2 Å². The Morgan fingerprint density at radius 1 is 1.37 bits per heavy atom. The third-order valence-corrected chi connectivity index (χ3v) is 3.21. The van der Waals surface area contributed by atoms with Gasteiger partial charge in [0, 0.05) is 18.3 Å². The number of halogens is 1. The highest BCUT2D eigenvalue weighted by molar-refractivity contribution is 9.10. The first-order chi connectivity index (χ1) is 9.24. The van der Waals surface area contributed by atoms with Gasteiger partial charge in [-0.3, -0.25) is 0 Å². The maximum absolute atomic E-state index is 8.80. The first-order valence-corrected chi connectivity index (χ1v) is 6.49. The number of nitrogens with two attached hydrogens (primary N) is 1. The molecule has 2 aromatic rings. The van der Waals surface area contributed by atoms with Crippen LogP contribution in [0.3, 0.4) is 0 Å². The number of ether oxygens (including phenoxy) is 1. The fourth-order valence-corrected chi connectivity index (χ4v) is 2.18. The predicted octanol–water partition coefficient (Wildman–Crippen LogP) is 2.75. The van der Waals surface area contributed by atoms with Crippen LogP contribution in [0.1, 0.15) is 16.8 Å². The van der Waals surface area contributed by atoms with E-state index in [0.29, 0.717) is 18.8 Å². The van der Waals surface area contributed by atoms with Crippen molar-refractivity contribution in [1.29, 1.82) is 5.26 Å². The van der Waals surface area contributed by atoms with E-state index in [-0.39, 0.29) is 0 Å². The molecule has 0 unspecified atom stereocenters. The van der Waals surface area contributed by atoms with Crippen LogP contribution >= 0.6 is 15.9 Å². The lowest BCUT2D eigenvalue weighted by Gasteiger charge is -2.12. The zero-order chi connectivity index (χ0) is 13.7. The van der Waals surface area contributed by atoms with Gasteiger partial charge in [-0.05, 0) is 39.7 Å². The number of rotatable bonds is 4. The quantitative estimate of drug-likeness (QED) is 0.941. The fraction of sp³-hybridized carbons (Fsp3) is 0.143. The van der Waals surface area contributed by atoms with Gasteiger partial charge in [-0.25, -0.2) is 4.98 Å². The van der Waals surface area contributed by atoms with Gasteiger partial charge in [-0.1, -0.05) is 12.1 Å². The Kier molecular flexibility index (Phi) is 4.50. The van der Waals surface area contributed by atoms with Crippen LogP contribution in [-0.2, 0) is 13.2 Å². The minimum Gasteiger partial charge on any atom is -0.487 e. The van der Waals surface area contributed by atoms with Crippen molar-refractivity contribution >= 4 is 15.9 Å². The van der Waals surface area contributed by atoms with Crippen molar-refractivity contribution in [1.82, 2.24) is 4.98 Å². The molecule has 0 saturated carbocycles. The van der Waals surface area contributed by atoms with Crippen molar-refractivity contribution in [2.75, 3.05) is 0 Å². The first kappa shape index (κ1) is 13.5. The van der Waals surface area contributed by atoms with E-state index in [4.69, 9.17) is 15.7 Å². The standard InChI is InChI=1S/C14H12BrN3O/c15-13-3-1-2-11(7-16)14(13)19-9-10-4-5-18-12(6-10)8-17/h1-6H,7,9,16H2. The number of hydrogen-bond donors (Lipinski definition) is 1. The molecule has 0 saturated heterocycles. The molecule has 0 atom stereocenters. The van der Waals surface area contributed by atoms with Crippen molar-refractivity contribution in [3.8, 4) is 11.8 Å². The van der Waals surface area contributed by atoms with Crippen LogP contribution in [0.4, 0.5) is 0 Å². The van der Waals surface area contributed by atoms with Gasteiger partial charge in [0.25, 0.3) is 0 Å². The van der Waals surface area contributed by atoms with Gasteiger partial charge >= 0.3 is 0 Å². The molecular formula is C14H12BrN3O. The Hall–Kier alpha value is -1.90. The first-order valence-electron chi connectivity index (χ1n) is 5.70. The van der Waals surface area contributed by atoms with Gasteiger partial charge in [-0.15, -0.1) is 0 Å². The molecule has 2 rings (SSSR count). The van der Waals surface area contributed by atoms with E-state index in [2.05, 4.69) is 20.9 Å². The lowest BCUT2D eigenvalue weighted by Crippen LogP contribution is -2.03. The van der Waals surface area contributed by atoms with Crippen LogP contribution in [0.2, 0.25) is 0 Å². The number of aromatic nitrogens is 1. The second-order valence-corrected chi connectivity index (χ2v) is 4.74. The van der Waals surface area contributed by atoms with Crippen molar-refractivity contribution in [2.24, 2.45) is 5.73 Å². The molecular weight excluding hydrogens is 306 g/mol. The fourth-order valence-electron chi connectivity index (χ4n) is 1.66. The summed E-state index contributed by atoms with van der Waals surface area (Å²) in [4.78, 5) is 3.92.